The maximum absolute atomic E-state index is 12.2. The molecule has 142 valence electrons. The molecule has 3 heterocycles. The van der Waals surface area contributed by atoms with Gasteiger partial charge in [0.25, 0.3) is 0 Å². The number of carbonyl (C=O) groups is 1. The molecule has 1 saturated heterocycles. The second-order valence-corrected chi connectivity index (χ2v) is 7.87. The zero-order valence-electron chi connectivity index (χ0n) is 16.1. The molecule has 0 atom stereocenters. The van der Waals surface area contributed by atoms with E-state index in [2.05, 4.69) is 41.1 Å². The Kier molecular flexibility index (Phi) is 4.87. The van der Waals surface area contributed by atoms with Crippen LogP contribution in [-0.4, -0.2) is 45.9 Å². The predicted octanol–water partition coefficient (Wildman–Crippen LogP) is 3.17. The third-order valence-corrected chi connectivity index (χ3v) is 5.71. The molecule has 4 rings (SSSR count). The van der Waals surface area contributed by atoms with Gasteiger partial charge in [-0.1, -0.05) is 23.8 Å². The van der Waals surface area contributed by atoms with Gasteiger partial charge in [0.15, 0.2) is 0 Å². The number of benzene rings is 1. The van der Waals surface area contributed by atoms with E-state index in [0.29, 0.717) is 13.1 Å². The Bertz CT molecular complexity index is 814. The smallest absolute Gasteiger partial charge is 0.219 e. The van der Waals surface area contributed by atoms with Crippen molar-refractivity contribution in [3.63, 3.8) is 0 Å². The average Bonchev–Trinajstić information content (AvgIpc) is 2.81. The summed E-state index contributed by atoms with van der Waals surface area (Å²) < 4.78 is 6.58. The predicted molar refractivity (Wildman–Crippen MR) is 104 cm³/mol. The van der Waals surface area contributed by atoms with Crippen molar-refractivity contribution in [1.29, 1.82) is 0 Å². The number of piperidine rings is 1. The van der Waals surface area contributed by atoms with Crippen molar-refractivity contribution in [2.45, 2.75) is 45.4 Å². The summed E-state index contributed by atoms with van der Waals surface area (Å²) in [4.78, 5) is 21.0. The van der Waals surface area contributed by atoms with Gasteiger partial charge in [-0.05, 0) is 25.1 Å². The number of ether oxygens (including phenoxy) is 1. The number of likely N-dealkylation sites (tertiary alicyclic amines) is 1. The van der Waals surface area contributed by atoms with Crippen molar-refractivity contribution >= 4 is 5.91 Å². The van der Waals surface area contributed by atoms with Crippen LogP contribution in [0.15, 0.2) is 42.6 Å². The molecule has 1 aromatic heterocycles. The molecule has 1 aromatic carbocycles. The highest BCUT2D eigenvalue weighted by Crippen LogP contribution is 2.36. The van der Waals surface area contributed by atoms with E-state index in [1.807, 2.05) is 23.2 Å². The van der Waals surface area contributed by atoms with Gasteiger partial charge in [0.2, 0.25) is 5.91 Å². The number of rotatable bonds is 2. The van der Waals surface area contributed by atoms with E-state index >= 15 is 0 Å². The zero-order valence-corrected chi connectivity index (χ0v) is 16.1. The minimum absolute atomic E-state index is 0.114. The Morgan fingerprint density at radius 2 is 2.04 bits per heavy atom. The highest BCUT2D eigenvalue weighted by Gasteiger charge is 2.41. The molecule has 2 aliphatic rings. The molecule has 0 N–H and O–H groups in total. The first kappa shape index (κ1) is 18.0. The molecular formula is C22H27N3O2. The number of amides is 1. The van der Waals surface area contributed by atoms with E-state index in [-0.39, 0.29) is 11.5 Å². The van der Waals surface area contributed by atoms with Gasteiger partial charge in [0.05, 0.1) is 12.2 Å². The number of hydrogen-bond acceptors (Lipinski definition) is 4. The molecule has 0 aliphatic carbocycles. The van der Waals surface area contributed by atoms with Crippen molar-refractivity contribution < 1.29 is 9.53 Å². The second kappa shape index (κ2) is 7.31. The van der Waals surface area contributed by atoms with Crippen LogP contribution in [0.2, 0.25) is 0 Å². The first-order valence-electron chi connectivity index (χ1n) is 9.69. The third-order valence-electron chi connectivity index (χ3n) is 5.71. The number of aryl methyl sites for hydroxylation is 1. The van der Waals surface area contributed by atoms with Crippen LogP contribution in [0.25, 0.3) is 0 Å². The van der Waals surface area contributed by atoms with Crippen LogP contribution < -0.4 is 4.74 Å². The molecule has 1 fully saturated rings. The Labute approximate surface area is 161 Å². The average molecular weight is 365 g/mol. The molecule has 27 heavy (non-hydrogen) atoms. The lowest BCUT2D eigenvalue weighted by Crippen LogP contribution is -2.53. The molecule has 1 amide bonds. The molecule has 2 aliphatic heterocycles. The largest absolute Gasteiger partial charge is 0.485 e. The molecule has 5 nitrogen and oxygen atoms in total. The summed E-state index contributed by atoms with van der Waals surface area (Å²) in [7, 11) is 0. The molecule has 1 spiro atoms. The van der Waals surface area contributed by atoms with Crippen LogP contribution in [0.4, 0.5) is 0 Å². The highest BCUT2D eigenvalue weighted by molar-refractivity contribution is 5.73. The fourth-order valence-electron chi connectivity index (χ4n) is 4.13. The quantitative estimate of drug-likeness (QED) is 0.820. The molecular weight excluding hydrogens is 338 g/mol. The Morgan fingerprint density at radius 1 is 1.22 bits per heavy atom. The summed E-state index contributed by atoms with van der Waals surface area (Å²) in [5, 5.41) is 0. The molecule has 5 heteroatoms. The van der Waals surface area contributed by atoms with Gasteiger partial charge in [-0.2, -0.15) is 0 Å². The van der Waals surface area contributed by atoms with Crippen molar-refractivity contribution in [1.82, 2.24) is 14.8 Å². The summed E-state index contributed by atoms with van der Waals surface area (Å²) >= 11 is 0. The summed E-state index contributed by atoms with van der Waals surface area (Å²) in [5.74, 6) is 1.05. The molecule has 0 unspecified atom stereocenters. The lowest BCUT2D eigenvalue weighted by atomic mass is 9.90. The van der Waals surface area contributed by atoms with E-state index in [1.165, 1.54) is 5.56 Å². The molecule has 0 bridgehead atoms. The lowest BCUT2D eigenvalue weighted by molar-refractivity contribution is -0.132. The number of nitrogens with zero attached hydrogens (tertiary/aromatic N) is 3. The first-order chi connectivity index (χ1) is 13.0. The molecule has 2 aromatic rings. The third kappa shape index (κ3) is 3.98. The van der Waals surface area contributed by atoms with Crippen LogP contribution in [0.5, 0.6) is 5.75 Å². The maximum Gasteiger partial charge on any atom is 0.219 e. The van der Waals surface area contributed by atoms with Gasteiger partial charge in [-0.3, -0.25) is 14.7 Å². The highest BCUT2D eigenvalue weighted by atomic mass is 16.5. The van der Waals surface area contributed by atoms with Gasteiger partial charge in [-0.15, -0.1) is 0 Å². The lowest BCUT2D eigenvalue weighted by Gasteiger charge is -2.42. The Morgan fingerprint density at radius 3 is 2.74 bits per heavy atom. The summed E-state index contributed by atoms with van der Waals surface area (Å²) in [6.45, 7) is 7.79. The van der Waals surface area contributed by atoms with Crippen LogP contribution in [0.3, 0.4) is 0 Å². The van der Waals surface area contributed by atoms with Gasteiger partial charge >= 0.3 is 0 Å². The Balaban J connectivity index is 1.52. The first-order valence-corrected chi connectivity index (χ1v) is 9.69. The minimum atomic E-state index is -0.299. The molecule has 0 radical (unpaired) electrons. The topological polar surface area (TPSA) is 45.7 Å². The molecule has 0 saturated carbocycles. The number of aromatic nitrogens is 1. The normalized spacial score (nSPS) is 19.3. The summed E-state index contributed by atoms with van der Waals surface area (Å²) in [6.07, 6.45) is 3.67. The van der Waals surface area contributed by atoms with E-state index < -0.39 is 0 Å². The van der Waals surface area contributed by atoms with Crippen molar-refractivity contribution in [3.05, 3.63) is 59.4 Å². The zero-order chi connectivity index (χ0) is 18.9. The van der Waals surface area contributed by atoms with Crippen LogP contribution in [-0.2, 0) is 17.9 Å². The Hall–Kier alpha value is -2.40. The van der Waals surface area contributed by atoms with E-state index in [0.717, 1.165) is 49.5 Å². The SMILES string of the molecule is CC(=O)N1Cc2cc(C)ccc2OC2(CCN(Cc3ccccn3)CC2)C1. The van der Waals surface area contributed by atoms with Crippen LogP contribution in [0, 0.1) is 6.92 Å². The summed E-state index contributed by atoms with van der Waals surface area (Å²) in [6, 6.07) is 12.3. The van der Waals surface area contributed by atoms with Crippen molar-refractivity contribution in [3.8, 4) is 5.75 Å². The monoisotopic (exact) mass is 365 g/mol. The maximum atomic E-state index is 12.2. The minimum Gasteiger partial charge on any atom is -0.485 e. The fraction of sp³-hybridized carbons (Fsp3) is 0.455. The van der Waals surface area contributed by atoms with E-state index in [9.17, 15) is 4.79 Å². The van der Waals surface area contributed by atoms with Gasteiger partial charge < -0.3 is 9.64 Å². The van der Waals surface area contributed by atoms with E-state index in [4.69, 9.17) is 4.74 Å². The summed E-state index contributed by atoms with van der Waals surface area (Å²) in [5.41, 5.74) is 3.11. The van der Waals surface area contributed by atoms with Crippen LogP contribution >= 0.6 is 0 Å². The van der Waals surface area contributed by atoms with Crippen LogP contribution in [0.1, 0.15) is 36.6 Å². The standard InChI is InChI=1S/C22H27N3O2/c1-17-6-7-21-19(13-17)14-25(18(2)26)16-22(27-21)8-11-24(12-9-22)15-20-5-3-4-10-23-20/h3-7,10,13H,8-9,11-12,14-16H2,1-2H3. The van der Waals surface area contributed by atoms with Gasteiger partial charge in [0, 0.05) is 57.7 Å². The van der Waals surface area contributed by atoms with Gasteiger partial charge in [-0.25, -0.2) is 0 Å². The van der Waals surface area contributed by atoms with E-state index in [1.54, 1.807) is 6.92 Å². The van der Waals surface area contributed by atoms with Crippen molar-refractivity contribution in [2.75, 3.05) is 19.6 Å². The van der Waals surface area contributed by atoms with Gasteiger partial charge in [0.1, 0.15) is 11.4 Å². The number of pyridine rings is 1. The number of carbonyl (C=O) groups excluding carboxylic acids is 1. The number of fused-ring (bicyclic) bond motifs is 1. The number of hydrogen-bond donors (Lipinski definition) is 0. The second-order valence-electron chi connectivity index (χ2n) is 7.87. The fourth-order valence-corrected chi connectivity index (χ4v) is 4.13. The van der Waals surface area contributed by atoms with Crippen molar-refractivity contribution in [2.24, 2.45) is 0 Å².